The predicted octanol–water partition coefficient (Wildman–Crippen LogP) is 1.69. The van der Waals surface area contributed by atoms with E-state index in [2.05, 4.69) is 58.1 Å². The number of hydrogen-bond donors (Lipinski definition) is 2. The first-order valence-corrected chi connectivity index (χ1v) is 9.52. The van der Waals surface area contributed by atoms with Crippen LogP contribution in [0.1, 0.15) is 26.7 Å². The van der Waals surface area contributed by atoms with Gasteiger partial charge in [-0.1, -0.05) is 0 Å². The number of piperazine rings is 1. The maximum absolute atomic E-state index is 4.37. The summed E-state index contributed by atoms with van der Waals surface area (Å²) in [6, 6.07) is 0.545. The maximum atomic E-state index is 4.37. The van der Waals surface area contributed by atoms with Crippen LogP contribution in [0.5, 0.6) is 0 Å². The number of guanidine groups is 1. The van der Waals surface area contributed by atoms with Crippen LogP contribution in [-0.4, -0.2) is 85.7 Å². The number of nitrogens with zero attached hydrogens (tertiary/aromatic N) is 3. The van der Waals surface area contributed by atoms with E-state index in [0.717, 1.165) is 19.0 Å². The molecule has 0 spiro atoms. The van der Waals surface area contributed by atoms with Crippen LogP contribution in [-0.2, 0) is 0 Å². The molecule has 2 atom stereocenters. The average Bonchev–Trinajstić information content (AvgIpc) is 2.95. The number of hydrogen-bond acceptors (Lipinski definition) is 4. The number of rotatable bonds is 5. The summed E-state index contributed by atoms with van der Waals surface area (Å²) in [4.78, 5) is 9.33. The van der Waals surface area contributed by atoms with Crippen molar-refractivity contribution in [3.05, 3.63) is 0 Å². The van der Waals surface area contributed by atoms with Crippen LogP contribution >= 0.6 is 35.7 Å². The lowest BCUT2D eigenvalue weighted by atomic mass is 10.1. The van der Waals surface area contributed by atoms with Crippen LogP contribution in [0, 0.1) is 0 Å². The van der Waals surface area contributed by atoms with Crippen molar-refractivity contribution in [1.29, 1.82) is 0 Å². The lowest BCUT2D eigenvalue weighted by Crippen LogP contribution is -2.53. The topological polar surface area (TPSA) is 42.9 Å². The summed E-state index contributed by atoms with van der Waals surface area (Å²) in [5.74, 6) is 2.24. The molecule has 7 heteroatoms. The van der Waals surface area contributed by atoms with Gasteiger partial charge in [0.15, 0.2) is 5.96 Å². The van der Waals surface area contributed by atoms with Crippen molar-refractivity contribution in [3.8, 4) is 0 Å². The van der Waals surface area contributed by atoms with E-state index in [-0.39, 0.29) is 24.0 Å². The summed E-state index contributed by atoms with van der Waals surface area (Å²) in [6.07, 6.45) is 2.65. The molecule has 136 valence electrons. The molecule has 0 bridgehead atoms. The summed E-state index contributed by atoms with van der Waals surface area (Å²) in [7, 11) is 4.06. The second kappa shape index (κ2) is 10.3. The minimum atomic E-state index is 0. The minimum absolute atomic E-state index is 0. The van der Waals surface area contributed by atoms with Crippen LogP contribution < -0.4 is 10.6 Å². The van der Waals surface area contributed by atoms with Crippen molar-refractivity contribution in [2.45, 2.75) is 37.5 Å². The van der Waals surface area contributed by atoms with Gasteiger partial charge in [0, 0.05) is 57.1 Å². The van der Waals surface area contributed by atoms with Crippen LogP contribution in [0.2, 0.25) is 0 Å². The Balaban J connectivity index is 0.00000264. The monoisotopic (exact) mass is 455 g/mol. The molecule has 2 aliphatic heterocycles. The summed E-state index contributed by atoms with van der Waals surface area (Å²) >= 11 is 2.09. The van der Waals surface area contributed by atoms with Crippen molar-refractivity contribution in [2.75, 3.05) is 59.1 Å². The molecule has 5 nitrogen and oxygen atoms in total. The molecule has 0 saturated carbocycles. The molecule has 23 heavy (non-hydrogen) atoms. The Hall–Kier alpha value is 0.270. The number of thioether (sulfide) groups is 1. The molecule has 0 aliphatic carbocycles. The van der Waals surface area contributed by atoms with Crippen molar-refractivity contribution < 1.29 is 0 Å². The SMILES string of the molecule is CN=C(NCC(C)N1CCN(C)CC1)NCC1(C)CCCS1.I. The highest BCUT2D eigenvalue weighted by Crippen LogP contribution is 2.36. The molecule has 2 heterocycles. The zero-order valence-electron chi connectivity index (χ0n) is 15.1. The van der Waals surface area contributed by atoms with Gasteiger partial charge in [0.1, 0.15) is 0 Å². The average molecular weight is 455 g/mol. The maximum Gasteiger partial charge on any atom is 0.191 e. The fourth-order valence-corrected chi connectivity index (χ4v) is 4.35. The molecule has 0 radical (unpaired) electrons. The Kier molecular flexibility index (Phi) is 9.55. The fraction of sp³-hybridized carbons (Fsp3) is 0.938. The highest BCUT2D eigenvalue weighted by atomic mass is 127. The van der Waals surface area contributed by atoms with E-state index in [4.69, 9.17) is 0 Å². The van der Waals surface area contributed by atoms with E-state index < -0.39 is 0 Å². The second-order valence-electron chi connectivity index (χ2n) is 6.90. The van der Waals surface area contributed by atoms with Gasteiger partial charge in [-0.25, -0.2) is 0 Å². The van der Waals surface area contributed by atoms with Crippen molar-refractivity contribution in [3.63, 3.8) is 0 Å². The third-order valence-corrected chi connectivity index (χ3v) is 6.42. The van der Waals surface area contributed by atoms with Gasteiger partial charge in [0.2, 0.25) is 0 Å². The summed E-state index contributed by atoms with van der Waals surface area (Å²) in [6.45, 7) is 11.3. The van der Waals surface area contributed by atoms with Gasteiger partial charge in [-0.2, -0.15) is 11.8 Å². The summed E-state index contributed by atoms with van der Waals surface area (Å²) in [5, 5.41) is 7.00. The quantitative estimate of drug-likeness (QED) is 0.375. The third-order valence-electron chi connectivity index (χ3n) is 4.88. The van der Waals surface area contributed by atoms with Gasteiger partial charge in [0.05, 0.1) is 0 Å². The Morgan fingerprint density at radius 3 is 2.52 bits per heavy atom. The third kappa shape index (κ3) is 6.96. The largest absolute Gasteiger partial charge is 0.355 e. The Bertz CT molecular complexity index is 365. The molecular formula is C16H34IN5S. The van der Waals surface area contributed by atoms with Crippen molar-refractivity contribution in [2.24, 2.45) is 4.99 Å². The second-order valence-corrected chi connectivity index (χ2v) is 8.58. The van der Waals surface area contributed by atoms with Crippen LogP contribution in [0.4, 0.5) is 0 Å². The molecule has 2 saturated heterocycles. The molecule has 0 aromatic carbocycles. The van der Waals surface area contributed by atoms with Crippen molar-refractivity contribution >= 4 is 41.7 Å². The molecular weight excluding hydrogens is 421 g/mol. The van der Waals surface area contributed by atoms with E-state index in [9.17, 15) is 0 Å². The summed E-state index contributed by atoms with van der Waals surface area (Å²) in [5.41, 5.74) is 0. The first kappa shape index (κ1) is 21.3. The van der Waals surface area contributed by atoms with E-state index in [1.807, 2.05) is 7.05 Å². The molecule has 0 amide bonds. The van der Waals surface area contributed by atoms with Gasteiger partial charge in [0.25, 0.3) is 0 Å². The van der Waals surface area contributed by atoms with Gasteiger partial charge in [-0.15, -0.1) is 24.0 Å². The van der Waals surface area contributed by atoms with E-state index in [1.165, 1.54) is 44.8 Å². The highest BCUT2D eigenvalue weighted by Gasteiger charge is 2.29. The molecule has 0 aromatic rings. The van der Waals surface area contributed by atoms with E-state index in [1.54, 1.807) is 0 Å². The zero-order chi connectivity index (χ0) is 16.0. The van der Waals surface area contributed by atoms with Gasteiger partial charge >= 0.3 is 0 Å². The van der Waals surface area contributed by atoms with Crippen molar-refractivity contribution in [1.82, 2.24) is 20.4 Å². The normalized spacial score (nSPS) is 28.3. The number of likely N-dealkylation sites (N-methyl/N-ethyl adjacent to an activating group) is 1. The van der Waals surface area contributed by atoms with E-state index in [0.29, 0.717) is 10.8 Å². The molecule has 2 unspecified atom stereocenters. The molecule has 2 fully saturated rings. The first-order valence-electron chi connectivity index (χ1n) is 8.53. The predicted molar refractivity (Wildman–Crippen MR) is 113 cm³/mol. The lowest BCUT2D eigenvalue weighted by molar-refractivity contribution is 0.120. The van der Waals surface area contributed by atoms with Crippen LogP contribution in [0.25, 0.3) is 0 Å². The Morgan fingerprint density at radius 2 is 1.96 bits per heavy atom. The van der Waals surface area contributed by atoms with Gasteiger partial charge in [-0.3, -0.25) is 9.89 Å². The van der Waals surface area contributed by atoms with Gasteiger partial charge in [-0.05, 0) is 39.5 Å². The van der Waals surface area contributed by atoms with Gasteiger partial charge < -0.3 is 15.5 Å². The van der Waals surface area contributed by atoms with E-state index >= 15 is 0 Å². The molecule has 0 aromatic heterocycles. The Labute approximate surface area is 163 Å². The number of halogens is 1. The lowest BCUT2D eigenvalue weighted by Gasteiger charge is -2.36. The molecule has 2 N–H and O–H groups in total. The van der Waals surface area contributed by atoms with Crippen LogP contribution in [0.15, 0.2) is 4.99 Å². The Morgan fingerprint density at radius 1 is 1.26 bits per heavy atom. The fourth-order valence-electron chi connectivity index (χ4n) is 3.10. The molecule has 2 aliphatic rings. The number of aliphatic imine (C=N–C) groups is 1. The summed E-state index contributed by atoms with van der Waals surface area (Å²) < 4.78 is 0.376. The smallest absolute Gasteiger partial charge is 0.191 e. The first-order chi connectivity index (χ1) is 10.5. The standard InChI is InChI=1S/C16H33N5S.HI/c1-14(21-9-7-20(4)8-10-21)12-18-15(17-3)19-13-16(2)6-5-11-22-16;/h14H,5-13H2,1-4H3,(H2,17,18,19);1H. The molecule has 2 rings (SSSR count). The minimum Gasteiger partial charge on any atom is -0.355 e. The zero-order valence-corrected chi connectivity index (χ0v) is 18.2. The highest BCUT2D eigenvalue weighted by molar-refractivity contribution is 14.0. The number of nitrogens with one attached hydrogen (secondary N) is 2. The van der Waals surface area contributed by atoms with Crippen LogP contribution in [0.3, 0.4) is 0 Å².